The first-order valence-corrected chi connectivity index (χ1v) is 12.7. The van der Waals surface area contributed by atoms with Gasteiger partial charge in [0.25, 0.3) is 0 Å². The van der Waals surface area contributed by atoms with Crippen molar-refractivity contribution in [1.29, 1.82) is 0 Å². The van der Waals surface area contributed by atoms with Crippen molar-refractivity contribution in [2.45, 2.75) is 12.3 Å². The standard InChI is InChI=1S/C26H31O7P/c1-28-18-12-23(30-3)21(24(13-18)31-4)16-34(27,20-10-8-7-9-11-20)17-22-25(32-5)14-19(29-2)15-26(22)33-6/h7-15H,16-17H2,1-6H3. The summed E-state index contributed by atoms with van der Waals surface area (Å²) in [6.07, 6.45) is 0.400. The molecule has 34 heavy (non-hydrogen) atoms. The number of ether oxygens (including phenoxy) is 6. The Labute approximate surface area is 200 Å². The smallest absolute Gasteiger partial charge is 0.129 e. The first-order valence-electron chi connectivity index (χ1n) is 10.6. The van der Waals surface area contributed by atoms with Crippen LogP contribution < -0.4 is 33.7 Å². The molecule has 0 unspecified atom stereocenters. The van der Waals surface area contributed by atoms with E-state index in [4.69, 9.17) is 28.4 Å². The Morgan fingerprint density at radius 1 is 0.559 bits per heavy atom. The molecule has 0 spiro atoms. The van der Waals surface area contributed by atoms with Crippen molar-refractivity contribution in [3.05, 3.63) is 65.7 Å². The second-order valence-electron chi connectivity index (χ2n) is 7.56. The third kappa shape index (κ3) is 5.26. The molecule has 0 aliphatic carbocycles. The predicted molar refractivity (Wildman–Crippen MR) is 133 cm³/mol. The highest BCUT2D eigenvalue weighted by atomic mass is 31.2. The van der Waals surface area contributed by atoms with E-state index in [0.717, 1.165) is 5.30 Å². The summed E-state index contributed by atoms with van der Waals surface area (Å²) in [7, 11) is 6.30. The Balaban J connectivity index is 2.19. The van der Waals surface area contributed by atoms with E-state index in [1.165, 1.54) is 0 Å². The molecule has 3 aromatic carbocycles. The monoisotopic (exact) mass is 486 g/mol. The van der Waals surface area contributed by atoms with Gasteiger partial charge < -0.3 is 33.0 Å². The molecule has 182 valence electrons. The van der Waals surface area contributed by atoms with Crippen LogP contribution in [-0.4, -0.2) is 42.7 Å². The quantitative estimate of drug-likeness (QED) is 0.348. The van der Waals surface area contributed by atoms with Crippen LogP contribution in [0.3, 0.4) is 0 Å². The molecular formula is C26H31O7P. The first kappa shape index (κ1) is 25.3. The van der Waals surface area contributed by atoms with E-state index < -0.39 is 7.14 Å². The molecule has 0 aromatic heterocycles. The summed E-state index contributed by atoms with van der Waals surface area (Å²) in [5.41, 5.74) is 1.40. The molecule has 0 saturated heterocycles. The van der Waals surface area contributed by atoms with Gasteiger partial charge in [-0.25, -0.2) is 0 Å². The van der Waals surface area contributed by atoms with E-state index in [1.807, 2.05) is 30.3 Å². The molecule has 7 nitrogen and oxygen atoms in total. The van der Waals surface area contributed by atoms with Crippen molar-refractivity contribution in [2.75, 3.05) is 42.7 Å². The van der Waals surface area contributed by atoms with Crippen LogP contribution in [0.2, 0.25) is 0 Å². The van der Waals surface area contributed by atoms with E-state index in [9.17, 15) is 4.57 Å². The van der Waals surface area contributed by atoms with E-state index in [2.05, 4.69) is 0 Å². The normalized spacial score (nSPS) is 11.0. The fourth-order valence-corrected chi connectivity index (χ4v) is 6.75. The lowest BCUT2D eigenvalue weighted by Crippen LogP contribution is -2.11. The second kappa shape index (κ2) is 11.2. The Morgan fingerprint density at radius 3 is 1.21 bits per heavy atom. The highest BCUT2D eigenvalue weighted by Crippen LogP contribution is 2.56. The number of benzene rings is 3. The Bertz CT molecular complexity index is 1040. The number of rotatable bonds is 11. The van der Waals surface area contributed by atoms with Gasteiger partial charge in [-0.2, -0.15) is 0 Å². The van der Waals surface area contributed by atoms with Gasteiger partial charge in [0.1, 0.15) is 41.6 Å². The molecular weight excluding hydrogens is 455 g/mol. The summed E-state index contributed by atoms with van der Waals surface area (Å²) in [6.45, 7) is 0. The summed E-state index contributed by atoms with van der Waals surface area (Å²) in [4.78, 5) is 0. The molecule has 0 heterocycles. The minimum atomic E-state index is -3.12. The SMILES string of the molecule is COc1cc(OC)c(CP(=O)(Cc2c(OC)cc(OC)cc2OC)c2ccccc2)c(OC)c1. The van der Waals surface area contributed by atoms with Gasteiger partial charge >= 0.3 is 0 Å². The van der Waals surface area contributed by atoms with Gasteiger partial charge in [-0.3, -0.25) is 0 Å². The van der Waals surface area contributed by atoms with E-state index >= 15 is 0 Å². The Kier molecular flexibility index (Phi) is 8.35. The average molecular weight is 487 g/mol. The molecule has 0 atom stereocenters. The van der Waals surface area contributed by atoms with Gasteiger partial charge in [-0.05, 0) is 0 Å². The van der Waals surface area contributed by atoms with Crippen molar-refractivity contribution in [3.63, 3.8) is 0 Å². The number of hydrogen-bond donors (Lipinski definition) is 0. The van der Waals surface area contributed by atoms with Crippen molar-refractivity contribution in [1.82, 2.24) is 0 Å². The summed E-state index contributed by atoms with van der Waals surface area (Å²) >= 11 is 0. The van der Waals surface area contributed by atoms with Crippen LogP contribution >= 0.6 is 7.14 Å². The minimum Gasteiger partial charge on any atom is -0.496 e. The van der Waals surface area contributed by atoms with E-state index in [-0.39, 0.29) is 12.3 Å². The highest BCUT2D eigenvalue weighted by molar-refractivity contribution is 7.70. The largest absolute Gasteiger partial charge is 0.496 e. The van der Waals surface area contributed by atoms with Gasteiger partial charge in [-0.1, -0.05) is 30.3 Å². The molecule has 0 amide bonds. The molecule has 0 aliphatic heterocycles. The maximum absolute atomic E-state index is 14.9. The van der Waals surface area contributed by atoms with Crippen LogP contribution in [0.25, 0.3) is 0 Å². The lowest BCUT2D eigenvalue weighted by Gasteiger charge is -2.24. The van der Waals surface area contributed by atoms with Crippen LogP contribution in [0.1, 0.15) is 11.1 Å². The van der Waals surface area contributed by atoms with Gasteiger partial charge in [0, 0.05) is 53.0 Å². The van der Waals surface area contributed by atoms with Gasteiger partial charge in [0.15, 0.2) is 0 Å². The zero-order valence-corrected chi connectivity index (χ0v) is 21.3. The molecule has 0 fully saturated rings. The van der Waals surface area contributed by atoms with Crippen LogP contribution in [-0.2, 0) is 16.9 Å². The third-order valence-corrected chi connectivity index (χ3v) is 8.58. The summed E-state index contributed by atoms with van der Waals surface area (Å²) in [5.74, 6) is 3.35. The fraction of sp³-hybridized carbons (Fsp3) is 0.308. The minimum absolute atomic E-state index is 0.200. The summed E-state index contributed by atoms with van der Waals surface area (Å²) in [5, 5.41) is 0.731. The number of methoxy groups -OCH3 is 6. The third-order valence-electron chi connectivity index (χ3n) is 5.69. The molecule has 8 heteroatoms. The molecule has 3 rings (SSSR count). The van der Waals surface area contributed by atoms with Crippen molar-refractivity contribution < 1.29 is 33.0 Å². The highest BCUT2D eigenvalue weighted by Gasteiger charge is 2.32. The van der Waals surface area contributed by atoms with Gasteiger partial charge in [0.2, 0.25) is 0 Å². The first-order chi connectivity index (χ1) is 16.4. The van der Waals surface area contributed by atoms with Crippen LogP contribution in [0.4, 0.5) is 0 Å². The van der Waals surface area contributed by atoms with Gasteiger partial charge in [-0.15, -0.1) is 0 Å². The summed E-state index contributed by atoms with van der Waals surface area (Å²) < 4.78 is 48.1. The molecule has 0 N–H and O–H groups in total. The average Bonchev–Trinajstić information content (AvgIpc) is 2.89. The van der Waals surface area contributed by atoms with E-state index in [0.29, 0.717) is 45.6 Å². The second-order valence-corrected chi connectivity index (χ2v) is 10.5. The lowest BCUT2D eigenvalue weighted by molar-refractivity contribution is 0.370. The molecule has 0 bridgehead atoms. The van der Waals surface area contributed by atoms with Crippen LogP contribution in [0, 0.1) is 0 Å². The van der Waals surface area contributed by atoms with Gasteiger partial charge in [0.05, 0.1) is 42.7 Å². The van der Waals surface area contributed by atoms with Crippen LogP contribution in [0.5, 0.6) is 34.5 Å². The van der Waals surface area contributed by atoms with E-state index in [1.54, 1.807) is 66.9 Å². The molecule has 0 aliphatic rings. The maximum Gasteiger partial charge on any atom is 0.129 e. The van der Waals surface area contributed by atoms with Crippen LogP contribution in [0.15, 0.2) is 54.6 Å². The zero-order valence-electron chi connectivity index (χ0n) is 20.4. The van der Waals surface area contributed by atoms with Crippen molar-refractivity contribution in [3.8, 4) is 34.5 Å². The topological polar surface area (TPSA) is 72.5 Å². The molecule has 0 radical (unpaired) electrons. The lowest BCUT2D eigenvalue weighted by atomic mass is 10.2. The number of hydrogen-bond acceptors (Lipinski definition) is 7. The maximum atomic E-state index is 14.9. The predicted octanol–water partition coefficient (Wildman–Crippen LogP) is 5.13. The fourth-order valence-electron chi connectivity index (χ4n) is 3.92. The van der Waals surface area contributed by atoms with Crippen molar-refractivity contribution in [2.24, 2.45) is 0 Å². The van der Waals surface area contributed by atoms with Crippen molar-refractivity contribution >= 4 is 12.4 Å². The Hall–Kier alpha value is -3.31. The molecule has 3 aromatic rings. The summed E-state index contributed by atoms with van der Waals surface area (Å²) in [6, 6.07) is 16.5. The zero-order chi connectivity index (χ0) is 24.7. The molecule has 0 saturated carbocycles. The Morgan fingerprint density at radius 2 is 0.912 bits per heavy atom.